The Morgan fingerprint density at radius 3 is 1.87 bits per heavy atom. The average molecular weight is 319 g/mol. The molecule has 0 bridgehead atoms. The standard InChI is InChI=1S/C21H21NS/c1-21(18-11-5-2-6-12-18,22-19-13-7-3-8-14-19)17-23-20-15-9-4-10-16-20/h2-16,22H,17H2,1H3. The molecule has 0 aliphatic carbocycles. The molecule has 1 N–H and O–H groups in total. The highest BCUT2D eigenvalue weighted by Crippen LogP contribution is 2.32. The zero-order chi connectivity index (χ0) is 16.0. The van der Waals surface area contributed by atoms with Gasteiger partial charge < -0.3 is 5.32 Å². The van der Waals surface area contributed by atoms with Gasteiger partial charge in [0, 0.05) is 16.3 Å². The van der Waals surface area contributed by atoms with E-state index >= 15 is 0 Å². The Balaban J connectivity index is 1.84. The zero-order valence-electron chi connectivity index (χ0n) is 13.3. The number of thioether (sulfide) groups is 1. The van der Waals surface area contributed by atoms with Crippen molar-refractivity contribution in [1.29, 1.82) is 0 Å². The fraction of sp³-hybridized carbons (Fsp3) is 0.143. The van der Waals surface area contributed by atoms with E-state index in [9.17, 15) is 0 Å². The van der Waals surface area contributed by atoms with Crippen molar-refractivity contribution < 1.29 is 0 Å². The molecule has 0 fully saturated rings. The predicted octanol–water partition coefficient (Wildman–Crippen LogP) is 5.81. The van der Waals surface area contributed by atoms with Gasteiger partial charge in [0.2, 0.25) is 0 Å². The third kappa shape index (κ3) is 4.17. The number of hydrogen-bond acceptors (Lipinski definition) is 2. The molecule has 3 aromatic rings. The van der Waals surface area contributed by atoms with Crippen molar-refractivity contribution >= 4 is 17.4 Å². The molecule has 23 heavy (non-hydrogen) atoms. The van der Waals surface area contributed by atoms with Crippen molar-refractivity contribution in [3.63, 3.8) is 0 Å². The van der Waals surface area contributed by atoms with Gasteiger partial charge >= 0.3 is 0 Å². The minimum atomic E-state index is -0.136. The maximum absolute atomic E-state index is 3.72. The SMILES string of the molecule is CC(CSc1ccccc1)(Nc1ccccc1)c1ccccc1. The minimum Gasteiger partial charge on any atom is -0.375 e. The third-order valence-corrected chi connectivity index (χ3v) is 5.20. The predicted molar refractivity (Wildman–Crippen MR) is 101 cm³/mol. The molecule has 3 aromatic carbocycles. The van der Waals surface area contributed by atoms with Crippen LogP contribution in [0.15, 0.2) is 95.9 Å². The maximum atomic E-state index is 3.72. The van der Waals surface area contributed by atoms with E-state index in [-0.39, 0.29) is 5.54 Å². The van der Waals surface area contributed by atoms with E-state index in [1.807, 2.05) is 17.8 Å². The zero-order valence-corrected chi connectivity index (χ0v) is 14.1. The molecule has 0 saturated heterocycles. The second-order valence-electron chi connectivity index (χ2n) is 5.79. The monoisotopic (exact) mass is 319 g/mol. The Morgan fingerprint density at radius 1 is 0.739 bits per heavy atom. The molecule has 1 unspecified atom stereocenters. The van der Waals surface area contributed by atoms with E-state index in [0.29, 0.717) is 0 Å². The van der Waals surface area contributed by atoms with Gasteiger partial charge in [0.1, 0.15) is 0 Å². The molecular formula is C21H21NS. The molecule has 1 atom stereocenters. The molecule has 0 aromatic heterocycles. The summed E-state index contributed by atoms with van der Waals surface area (Å²) in [4.78, 5) is 1.30. The van der Waals surface area contributed by atoms with Crippen LogP contribution in [0.3, 0.4) is 0 Å². The Kier molecular flexibility index (Phi) is 5.04. The van der Waals surface area contributed by atoms with Crippen LogP contribution in [0.5, 0.6) is 0 Å². The highest BCUT2D eigenvalue weighted by atomic mass is 32.2. The summed E-state index contributed by atoms with van der Waals surface area (Å²) in [5, 5.41) is 3.72. The largest absolute Gasteiger partial charge is 0.375 e. The van der Waals surface area contributed by atoms with Gasteiger partial charge in [-0.05, 0) is 36.8 Å². The third-order valence-electron chi connectivity index (χ3n) is 3.88. The second-order valence-corrected chi connectivity index (χ2v) is 6.84. The van der Waals surface area contributed by atoms with Crippen LogP contribution in [-0.4, -0.2) is 5.75 Å². The molecular weight excluding hydrogens is 298 g/mol. The quantitative estimate of drug-likeness (QED) is 0.576. The van der Waals surface area contributed by atoms with Gasteiger partial charge in [-0.1, -0.05) is 66.7 Å². The van der Waals surface area contributed by atoms with Crippen molar-refractivity contribution in [2.24, 2.45) is 0 Å². The smallest absolute Gasteiger partial charge is 0.0690 e. The van der Waals surface area contributed by atoms with Crippen LogP contribution < -0.4 is 5.32 Å². The van der Waals surface area contributed by atoms with Gasteiger partial charge in [0.25, 0.3) is 0 Å². The van der Waals surface area contributed by atoms with Crippen molar-refractivity contribution in [2.45, 2.75) is 17.4 Å². The number of para-hydroxylation sites is 1. The van der Waals surface area contributed by atoms with Crippen molar-refractivity contribution in [3.8, 4) is 0 Å². The Morgan fingerprint density at radius 2 is 1.26 bits per heavy atom. The molecule has 1 nitrogen and oxygen atoms in total. The first-order valence-corrected chi connectivity index (χ1v) is 8.81. The summed E-state index contributed by atoms with van der Waals surface area (Å²) in [5.41, 5.74) is 2.31. The molecule has 0 radical (unpaired) electrons. The molecule has 116 valence electrons. The molecule has 2 heteroatoms. The maximum Gasteiger partial charge on any atom is 0.0690 e. The first-order chi connectivity index (χ1) is 11.3. The van der Waals surface area contributed by atoms with Gasteiger partial charge in [-0.3, -0.25) is 0 Å². The van der Waals surface area contributed by atoms with Crippen LogP contribution in [0.1, 0.15) is 12.5 Å². The molecule has 0 amide bonds. The lowest BCUT2D eigenvalue weighted by molar-refractivity contribution is 0.621. The normalized spacial score (nSPS) is 13.3. The van der Waals surface area contributed by atoms with Crippen LogP contribution >= 0.6 is 11.8 Å². The van der Waals surface area contributed by atoms with Crippen LogP contribution in [0.2, 0.25) is 0 Å². The van der Waals surface area contributed by atoms with Crippen molar-refractivity contribution in [2.75, 3.05) is 11.1 Å². The summed E-state index contributed by atoms with van der Waals surface area (Å²) in [7, 11) is 0. The van der Waals surface area contributed by atoms with E-state index < -0.39 is 0 Å². The number of anilines is 1. The fourth-order valence-electron chi connectivity index (χ4n) is 2.58. The van der Waals surface area contributed by atoms with E-state index in [4.69, 9.17) is 0 Å². The summed E-state index contributed by atoms with van der Waals surface area (Å²) in [6, 6.07) is 31.7. The number of hydrogen-bond donors (Lipinski definition) is 1. The topological polar surface area (TPSA) is 12.0 Å². The van der Waals surface area contributed by atoms with Gasteiger partial charge in [0.05, 0.1) is 5.54 Å². The first kappa shape index (κ1) is 15.7. The summed E-state index contributed by atoms with van der Waals surface area (Å²) >= 11 is 1.88. The highest BCUT2D eigenvalue weighted by Gasteiger charge is 2.26. The lowest BCUT2D eigenvalue weighted by Gasteiger charge is -2.32. The second kappa shape index (κ2) is 7.38. The van der Waals surface area contributed by atoms with Crippen LogP contribution in [0.25, 0.3) is 0 Å². The Labute approximate surface area is 142 Å². The van der Waals surface area contributed by atoms with Gasteiger partial charge in [-0.15, -0.1) is 11.8 Å². The summed E-state index contributed by atoms with van der Waals surface area (Å²) in [6.45, 7) is 2.27. The van der Waals surface area contributed by atoms with E-state index in [0.717, 1.165) is 11.4 Å². The number of benzene rings is 3. The van der Waals surface area contributed by atoms with Crippen LogP contribution in [-0.2, 0) is 5.54 Å². The Bertz CT molecular complexity index is 713. The van der Waals surface area contributed by atoms with Crippen LogP contribution in [0, 0.1) is 0 Å². The summed E-state index contributed by atoms with van der Waals surface area (Å²) in [5.74, 6) is 0.954. The highest BCUT2D eigenvalue weighted by molar-refractivity contribution is 7.99. The lowest BCUT2D eigenvalue weighted by atomic mass is 9.93. The van der Waals surface area contributed by atoms with Crippen molar-refractivity contribution in [1.82, 2.24) is 0 Å². The van der Waals surface area contributed by atoms with Crippen LogP contribution in [0.4, 0.5) is 5.69 Å². The van der Waals surface area contributed by atoms with E-state index in [1.165, 1.54) is 10.5 Å². The van der Waals surface area contributed by atoms with Gasteiger partial charge in [0.15, 0.2) is 0 Å². The summed E-state index contributed by atoms with van der Waals surface area (Å²) in [6.07, 6.45) is 0. The molecule has 3 rings (SSSR count). The van der Waals surface area contributed by atoms with Crippen molar-refractivity contribution in [3.05, 3.63) is 96.6 Å². The molecule has 0 heterocycles. The molecule has 0 aliphatic rings. The summed E-state index contributed by atoms with van der Waals surface area (Å²) < 4.78 is 0. The number of rotatable bonds is 6. The van der Waals surface area contributed by atoms with Gasteiger partial charge in [-0.2, -0.15) is 0 Å². The average Bonchev–Trinajstić information content (AvgIpc) is 2.63. The van der Waals surface area contributed by atoms with E-state index in [1.54, 1.807) is 0 Å². The minimum absolute atomic E-state index is 0.136. The van der Waals surface area contributed by atoms with E-state index in [2.05, 4.69) is 97.2 Å². The molecule has 0 aliphatic heterocycles. The lowest BCUT2D eigenvalue weighted by Crippen LogP contribution is -2.34. The molecule has 0 saturated carbocycles. The first-order valence-electron chi connectivity index (χ1n) is 7.83. The number of nitrogens with one attached hydrogen (secondary N) is 1. The molecule has 0 spiro atoms. The fourth-order valence-corrected chi connectivity index (χ4v) is 3.63. The van der Waals surface area contributed by atoms with Gasteiger partial charge in [-0.25, -0.2) is 0 Å². The Hall–Kier alpha value is -2.19.